The Balaban J connectivity index is 2.08. The summed E-state index contributed by atoms with van der Waals surface area (Å²) in [5.74, 6) is 1.15. The van der Waals surface area contributed by atoms with E-state index in [1.807, 2.05) is 0 Å². The van der Waals surface area contributed by atoms with Gasteiger partial charge in [-0.25, -0.2) is 9.97 Å². The molecule has 17 heavy (non-hydrogen) atoms. The first-order valence-corrected chi connectivity index (χ1v) is 5.87. The molecule has 0 aliphatic carbocycles. The van der Waals surface area contributed by atoms with Crippen LogP contribution in [-0.4, -0.2) is 41.0 Å². The Hall–Kier alpha value is -1.67. The zero-order valence-electron chi connectivity index (χ0n) is 10.2. The molecule has 0 bridgehead atoms. The minimum Gasteiger partial charge on any atom is -0.365 e. The Bertz CT molecular complexity index is 425. The molecule has 1 N–H and O–H groups in total. The first-order chi connectivity index (χ1) is 8.20. The summed E-state index contributed by atoms with van der Waals surface area (Å²) in [6.07, 6.45) is 4.23. The van der Waals surface area contributed by atoms with Crippen molar-refractivity contribution in [1.82, 2.24) is 14.9 Å². The fourth-order valence-electron chi connectivity index (χ4n) is 2.27. The standard InChI is InChI=1S/C12H17N5/c1-9-8-17(2)6-3-10(9)16-12-11(7-13)14-4-5-15-12/h4-5,9-10H,3,6,8H2,1-2H3,(H,15,16). The molecule has 0 amide bonds. The van der Waals surface area contributed by atoms with Gasteiger partial charge in [-0.1, -0.05) is 6.92 Å². The van der Waals surface area contributed by atoms with Gasteiger partial charge in [0.25, 0.3) is 0 Å². The van der Waals surface area contributed by atoms with Gasteiger partial charge in [-0.3, -0.25) is 0 Å². The molecule has 0 radical (unpaired) electrons. The normalized spacial score (nSPS) is 25.2. The van der Waals surface area contributed by atoms with Gasteiger partial charge < -0.3 is 10.2 Å². The molecule has 1 aromatic heterocycles. The number of anilines is 1. The second-order valence-electron chi connectivity index (χ2n) is 4.64. The van der Waals surface area contributed by atoms with Gasteiger partial charge in [-0.15, -0.1) is 0 Å². The Morgan fingerprint density at radius 2 is 2.24 bits per heavy atom. The van der Waals surface area contributed by atoms with Crippen molar-refractivity contribution in [2.45, 2.75) is 19.4 Å². The van der Waals surface area contributed by atoms with Gasteiger partial charge in [0.2, 0.25) is 0 Å². The summed E-state index contributed by atoms with van der Waals surface area (Å²) >= 11 is 0. The lowest BCUT2D eigenvalue weighted by atomic mass is 9.94. The molecule has 2 rings (SSSR count). The van der Waals surface area contributed by atoms with E-state index in [9.17, 15) is 0 Å². The molecule has 2 atom stereocenters. The number of nitrogens with one attached hydrogen (secondary N) is 1. The highest BCUT2D eigenvalue weighted by molar-refractivity contribution is 5.47. The van der Waals surface area contributed by atoms with E-state index in [1.54, 1.807) is 12.4 Å². The molecule has 5 heteroatoms. The van der Waals surface area contributed by atoms with Gasteiger partial charge in [0, 0.05) is 25.0 Å². The maximum atomic E-state index is 8.96. The van der Waals surface area contributed by atoms with Crippen molar-refractivity contribution in [3.05, 3.63) is 18.1 Å². The van der Waals surface area contributed by atoms with Crippen LogP contribution in [-0.2, 0) is 0 Å². The molecule has 2 unspecified atom stereocenters. The molecule has 1 aliphatic heterocycles. The number of hydrogen-bond acceptors (Lipinski definition) is 5. The van der Waals surface area contributed by atoms with Crippen molar-refractivity contribution in [3.8, 4) is 6.07 Å². The number of aromatic nitrogens is 2. The highest BCUT2D eigenvalue weighted by atomic mass is 15.1. The molecule has 5 nitrogen and oxygen atoms in total. The van der Waals surface area contributed by atoms with Crippen LogP contribution in [0.25, 0.3) is 0 Å². The Morgan fingerprint density at radius 3 is 2.94 bits per heavy atom. The van der Waals surface area contributed by atoms with E-state index >= 15 is 0 Å². The monoisotopic (exact) mass is 231 g/mol. The smallest absolute Gasteiger partial charge is 0.182 e. The molecule has 1 fully saturated rings. The molecule has 0 saturated carbocycles. The van der Waals surface area contributed by atoms with Gasteiger partial charge in [-0.05, 0) is 25.9 Å². The van der Waals surface area contributed by atoms with Crippen molar-refractivity contribution in [3.63, 3.8) is 0 Å². The van der Waals surface area contributed by atoms with Crippen LogP contribution in [0.4, 0.5) is 5.82 Å². The van der Waals surface area contributed by atoms with Crippen molar-refractivity contribution in [2.24, 2.45) is 5.92 Å². The second-order valence-corrected chi connectivity index (χ2v) is 4.64. The van der Waals surface area contributed by atoms with Crippen LogP contribution in [0.2, 0.25) is 0 Å². The lowest BCUT2D eigenvalue weighted by molar-refractivity contribution is 0.206. The van der Waals surface area contributed by atoms with Gasteiger partial charge in [0.1, 0.15) is 6.07 Å². The fourth-order valence-corrected chi connectivity index (χ4v) is 2.27. The average molecular weight is 231 g/mol. The minimum absolute atomic E-state index is 0.370. The molecule has 1 aliphatic rings. The summed E-state index contributed by atoms with van der Waals surface area (Å²) in [4.78, 5) is 10.5. The van der Waals surface area contributed by atoms with Crippen LogP contribution in [0.15, 0.2) is 12.4 Å². The third-order valence-electron chi connectivity index (χ3n) is 3.23. The molecule has 1 aromatic rings. The average Bonchev–Trinajstić information content (AvgIpc) is 2.33. The number of likely N-dealkylation sites (tertiary alicyclic amines) is 1. The summed E-state index contributed by atoms with van der Waals surface area (Å²) in [6.45, 7) is 4.36. The van der Waals surface area contributed by atoms with E-state index in [-0.39, 0.29) is 0 Å². The largest absolute Gasteiger partial charge is 0.365 e. The number of piperidine rings is 1. The van der Waals surface area contributed by atoms with Gasteiger partial charge >= 0.3 is 0 Å². The predicted octanol–water partition coefficient (Wildman–Crippen LogP) is 1.10. The third kappa shape index (κ3) is 2.71. The summed E-state index contributed by atoms with van der Waals surface area (Å²) in [5.41, 5.74) is 0.374. The molecule has 2 heterocycles. The number of rotatable bonds is 2. The van der Waals surface area contributed by atoms with E-state index in [2.05, 4.69) is 40.2 Å². The fraction of sp³-hybridized carbons (Fsp3) is 0.583. The SMILES string of the molecule is CC1CN(C)CCC1Nc1nccnc1C#N. The molecule has 90 valence electrons. The first-order valence-electron chi connectivity index (χ1n) is 5.87. The van der Waals surface area contributed by atoms with Crippen LogP contribution in [0, 0.1) is 17.2 Å². The topological polar surface area (TPSA) is 64.8 Å². The van der Waals surface area contributed by atoms with Crippen LogP contribution in [0.3, 0.4) is 0 Å². The van der Waals surface area contributed by atoms with Gasteiger partial charge in [0.05, 0.1) is 0 Å². The van der Waals surface area contributed by atoms with E-state index in [0.717, 1.165) is 19.5 Å². The molecule has 0 spiro atoms. The number of hydrogen-bond donors (Lipinski definition) is 1. The van der Waals surface area contributed by atoms with E-state index in [4.69, 9.17) is 5.26 Å². The van der Waals surface area contributed by atoms with Crippen molar-refractivity contribution >= 4 is 5.82 Å². The van der Waals surface area contributed by atoms with Gasteiger partial charge in [0.15, 0.2) is 11.5 Å². The molecular formula is C12H17N5. The maximum absolute atomic E-state index is 8.96. The third-order valence-corrected chi connectivity index (χ3v) is 3.23. The summed E-state index contributed by atoms with van der Waals surface area (Å²) in [7, 11) is 2.13. The summed E-state index contributed by atoms with van der Waals surface area (Å²) in [6, 6.07) is 2.43. The van der Waals surface area contributed by atoms with Crippen LogP contribution < -0.4 is 5.32 Å². The number of nitriles is 1. The van der Waals surface area contributed by atoms with Crippen LogP contribution in [0.5, 0.6) is 0 Å². The second kappa shape index (κ2) is 5.11. The van der Waals surface area contributed by atoms with Crippen molar-refractivity contribution < 1.29 is 0 Å². The van der Waals surface area contributed by atoms with Gasteiger partial charge in [-0.2, -0.15) is 5.26 Å². The van der Waals surface area contributed by atoms with Crippen molar-refractivity contribution in [2.75, 3.05) is 25.5 Å². The molecule has 0 aromatic carbocycles. The van der Waals surface area contributed by atoms with Crippen LogP contribution in [0.1, 0.15) is 19.0 Å². The summed E-state index contributed by atoms with van der Waals surface area (Å²) in [5, 5.41) is 12.3. The van der Waals surface area contributed by atoms with E-state index < -0.39 is 0 Å². The number of nitrogens with zero attached hydrogens (tertiary/aromatic N) is 4. The minimum atomic E-state index is 0.370. The Kier molecular flexibility index (Phi) is 3.55. The highest BCUT2D eigenvalue weighted by Crippen LogP contribution is 2.20. The molecule has 1 saturated heterocycles. The maximum Gasteiger partial charge on any atom is 0.182 e. The molecular weight excluding hydrogens is 214 g/mol. The zero-order chi connectivity index (χ0) is 12.3. The Labute approximate surface area is 101 Å². The lowest BCUT2D eigenvalue weighted by Crippen LogP contribution is -2.43. The Morgan fingerprint density at radius 1 is 1.47 bits per heavy atom. The highest BCUT2D eigenvalue weighted by Gasteiger charge is 2.24. The first kappa shape index (κ1) is 11.8. The van der Waals surface area contributed by atoms with E-state index in [0.29, 0.717) is 23.5 Å². The lowest BCUT2D eigenvalue weighted by Gasteiger charge is -2.35. The zero-order valence-corrected chi connectivity index (χ0v) is 10.2. The summed E-state index contributed by atoms with van der Waals surface area (Å²) < 4.78 is 0. The van der Waals surface area contributed by atoms with Crippen molar-refractivity contribution in [1.29, 1.82) is 5.26 Å². The van der Waals surface area contributed by atoms with E-state index in [1.165, 1.54) is 0 Å². The predicted molar refractivity (Wildman–Crippen MR) is 65.4 cm³/mol. The quantitative estimate of drug-likeness (QED) is 0.825. The van der Waals surface area contributed by atoms with Crippen LogP contribution >= 0.6 is 0 Å².